The molecule has 2 unspecified atom stereocenters. The molecule has 2 rings (SSSR count). The van der Waals surface area contributed by atoms with E-state index in [4.69, 9.17) is 5.21 Å². The molecular weight excluding hydrogens is 258 g/mol. The highest BCUT2D eigenvalue weighted by molar-refractivity contribution is 7.99. The van der Waals surface area contributed by atoms with Crippen molar-refractivity contribution in [1.29, 1.82) is 0 Å². The third-order valence-corrected chi connectivity index (χ3v) is 5.15. The number of thioether (sulfide) groups is 1. The lowest BCUT2D eigenvalue weighted by Crippen LogP contribution is -2.36. The molecule has 2 atom stereocenters. The molecule has 1 saturated carbocycles. The number of carbonyl (C=O) groups is 1. The van der Waals surface area contributed by atoms with E-state index in [1.807, 2.05) is 23.3 Å². The first-order valence-corrected chi connectivity index (χ1v) is 7.95. The van der Waals surface area contributed by atoms with Gasteiger partial charge in [0.2, 0.25) is 5.91 Å². The second-order valence-electron chi connectivity index (χ2n) is 5.01. The number of aryl methyl sites for hydroxylation is 1. The van der Waals surface area contributed by atoms with Gasteiger partial charge in [0, 0.05) is 5.25 Å². The molecule has 1 aromatic carbocycles. The topological polar surface area (TPSA) is 49.3 Å². The average molecular weight is 279 g/mol. The van der Waals surface area contributed by atoms with E-state index in [1.54, 1.807) is 0 Å². The van der Waals surface area contributed by atoms with Gasteiger partial charge in [-0.05, 0) is 30.6 Å². The number of hydrogen-bond acceptors (Lipinski definition) is 3. The third kappa shape index (κ3) is 4.25. The first-order chi connectivity index (χ1) is 9.31. The van der Waals surface area contributed by atoms with Crippen LogP contribution in [0.2, 0.25) is 0 Å². The highest BCUT2D eigenvalue weighted by Gasteiger charge is 2.30. The summed E-state index contributed by atoms with van der Waals surface area (Å²) in [6.45, 7) is 0. The zero-order valence-electron chi connectivity index (χ0n) is 11.0. The molecule has 1 fully saturated rings. The Kier molecular flexibility index (Phi) is 5.73. The van der Waals surface area contributed by atoms with E-state index in [2.05, 4.69) is 24.3 Å². The number of rotatable bonds is 5. The molecule has 0 aromatic heterocycles. The van der Waals surface area contributed by atoms with Crippen molar-refractivity contribution in [1.82, 2.24) is 5.48 Å². The van der Waals surface area contributed by atoms with Crippen LogP contribution in [0.15, 0.2) is 30.3 Å². The van der Waals surface area contributed by atoms with Gasteiger partial charge in [-0.2, -0.15) is 11.8 Å². The van der Waals surface area contributed by atoms with Gasteiger partial charge in [-0.15, -0.1) is 0 Å². The van der Waals surface area contributed by atoms with Crippen LogP contribution in [0.25, 0.3) is 0 Å². The predicted octanol–water partition coefficient (Wildman–Crippen LogP) is 3.03. The molecule has 0 saturated heterocycles. The fourth-order valence-electron chi connectivity index (χ4n) is 2.65. The minimum absolute atomic E-state index is 0.0282. The van der Waals surface area contributed by atoms with Crippen LogP contribution in [0.5, 0.6) is 0 Å². The molecule has 1 aromatic rings. The van der Waals surface area contributed by atoms with Gasteiger partial charge < -0.3 is 0 Å². The SMILES string of the molecule is O=C(NO)C1CCCCC1SCCc1ccccc1. The van der Waals surface area contributed by atoms with E-state index in [9.17, 15) is 4.79 Å². The Bertz CT molecular complexity index is 396. The molecular formula is C15H21NO2S. The molecule has 4 heteroatoms. The van der Waals surface area contributed by atoms with Crippen LogP contribution in [0, 0.1) is 5.92 Å². The molecule has 0 radical (unpaired) electrons. The minimum atomic E-state index is -0.211. The maximum Gasteiger partial charge on any atom is 0.247 e. The molecule has 0 bridgehead atoms. The van der Waals surface area contributed by atoms with Gasteiger partial charge in [0.15, 0.2) is 0 Å². The monoisotopic (exact) mass is 279 g/mol. The highest BCUT2D eigenvalue weighted by Crippen LogP contribution is 2.33. The van der Waals surface area contributed by atoms with E-state index in [0.29, 0.717) is 5.25 Å². The van der Waals surface area contributed by atoms with Crippen molar-refractivity contribution in [3.05, 3.63) is 35.9 Å². The van der Waals surface area contributed by atoms with Crippen LogP contribution in [-0.4, -0.2) is 22.1 Å². The van der Waals surface area contributed by atoms with E-state index in [-0.39, 0.29) is 11.8 Å². The van der Waals surface area contributed by atoms with Crippen molar-refractivity contribution < 1.29 is 10.0 Å². The Labute approximate surface area is 118 Å². The standard InChI is InChI=1S/C15H21NO2S/c17-15(16-18)13-8-4-5-9-14(13)19-11-10-12-6-2-1-3-7-12/h1-3,6-7,13-14,18H,4-5,8-11H2,(H,16,17). The third-order valence-electron chi connectivity index (χ3n) is 3.72. The van der Waals surface area contributed by atoms with Crippen molar-refractivity contribution in [2.75, 3.05) is 5.75 Å². The van der Waals surface area contributed by atoms with Gasteiger partial charge in [-0.25, -0.2) is 5.48 Å². The molecule has 19 heavy (non-hydrogen) atoms. The first-order valence-electron chi connectivity index (χ1n) is 6.90. The lowest BCUT2D eigenvalue weighted by atomic mass is 9.88. The van der Waals surface area contributed by atoms with Crippen LogP contribution in [0.1, 0.15) is 31.2 Å². The summed E-state index contributed by atoms with van der Waals surface area (Å²) >= 11 is 1.87. The van der Waals surface area contributed by atoms with Gasteiger partial charge in [0.25, 0.3) is 0 Å². The van der Waals surface area contributed by atoms with Gasteiger partial charge in [0.05, 0.1) is 5.92 Å². The second kappa shape index (κ2) is 7.56. The number of benzene rings is 1. The number of amides is 1. The average Bonchev–Trinajstić information content (AvgIpc) is 2.48. The molecule has 1 aliphatic carbocycles. The summed E-state index contributed by atoms with van der Waals surface area (Å²) in [5.41, 5.74) is 3.16. The first kappa shape index (κ1) is 14.4. The molecule has 0 spiro atoms. The summed E-state index contributed by atoms with van der Waals surface area (Å²) in [6.07, 6.45) is 5.30. The largest absolute Gasteiger partial charge is 0.289 e. The summed E-state index contributed by atoms with van der Waals surface area (Å²) in [5.74, 6) is 0.792. The van der Waals surface area contributed by atoms with Gasteiger partial charge in [0.1, 0.15) is 0 Å². The minimum Gasteiger partial charge on any atom is -0.289 e. The smallest absolute Gasteiger partial charge is 0.247 e. The van der Waals surface area contributed by atoms with Crippen molar-refractivity contribution >= 4 is 17.7 Å². The quantitative estimate of drug-likeness (QED) is 0.643. The van der Waals surface area contributed by atoms with E-state index >= 15 is 0 Å². The molecule has 0 aliphatic heterocycles. The zero-order chi connectivity index (χ0) is 13.5. The normalized spacial score (nSPS) is 23.0. The maximum atomic E-state index is 11.6. The molecule has 1 aliphatic rings. The number of hydroxylamine groups is 1. The Hall–Kier alpha value is -1.00. The van der Waals surface area contributed by atoms with E-state index in [0.717, 1.165) is 31.4 Å². The lowest BCUT2D eigenvalue weighted by Gasteiger charge is -2.29. The Morgan fingerprint density at radius 2 is 2.00 bits per heavy atom. The van der Waals surface area contributed by atoms with Gasteiger partial charge in [-0.1, -0.05) is 43.2 Å². The Morgan fingerprint density at radius 3 is 2.74 bits per heavy atom. The summed E-state index contributed by atoms with van der Waals surface area (Å²) in [7, 11) is 0. The molecule has 2 N–H and O–H groups in total. The van der Waals surface area contributed by atoms with Crippen molar-refractivity contribution in [2.24, 2.45) is 5.92 Å². The molecule has 1 amide bonds. The second-order valence-corrected chi connectivity index (χ2v) is 6.36. The van der Waals surface area contributed by atoms with Gasteiger partial charge >= 0.3 is 0 Å². The maximum absolute atomic E-state index is 11.6. The van der Waals surface area contributed by atoms with Crippen LogP contribution < -0.4 is 5.48 Å². The highest BCUT2D eigenvalue weighted by atomic mass is 32.2. The number of carbonyl (C=O) groups excluding carboxylic acids is 1. The van der Waals surface area contributed by atoms with Crippen molar-refractivity contribution in [2.45, 2.75) is 37.4 Å². The molecule has 3 nitrogen and oxygen atoms in total. The van der Waals surface area contributed by atoms with E-state index in [1.165, 1.54) is 12.0 Å². The zero-order valence-corrected chi connectivity index (χ0v) is 11.9. The van der Waals surface area contributed by atoms with Gasteiger partial charge in [-0.3, -0.25) is 10.0 Å². The van der Waals surface area contributed by atoms with Crippen molar-refractivity contribution in [3.8, 4) is 0 Å². The molecule has 0 heterocycles. The Balaban J connectivity index is 1.81. The Morgan fingerprint density at radius 1 is 1.26 bits per heavy atom. The fraction of sp³-hybridized carbons (Fsp3) is 0.533. The van der Waals surface area contributed by atoms with Crippen LogP contribution in [-0.2, 0) is 11.2 Å². The van der Waals surface area contributed by atoms with Crippen LogP contribution in [0.4, 0.5) is 0 Å². The lowest BCUT2D eigenvalue weighted by molar-refractivity contribution is -0.134. The summed E-state index contributed by atoms with van der Waals surface area (Å²) in [6, 6.07) is 10.4. The summed E-state index contributed by atoms with van der Waals surface area (Å²) in [5, 5.41) is 9.15. The number of hydrogen-bond donors (Lipinski definition) is 2. The predicted molar refractivity (Wildman–Crippen MR) is 78.3 cm³/mol. The summed E-state index contributed by atoms with van der Waals surface area (Å²) in [4.78, 5) is 11.6. The van der Waals surface area contributed by atoms with E-state index < -0.39 is 0 Å². The van der Waals surface area contributed by atoms with Crippen LogP contribution >= 0.6 is 11.8 Å². The van der Waals surface area contributed by atoms with Crippen LogP contribution in [0.3, 0.4) is 0 Å². The summed E-state index contributed by atoms with van der Waals surface area (Å²) < 4.78 is 0. The fourth-order valence-corrected chi connectivity index (χ4v) is 4.13. The van der Waals surface area contributed by atoms with Crippen molar-refractivity contribution in [3.63, 3.8) is 0 Å². The number of nitrogens with one attached hydrogen (secondary N) is 1. The molecule has 104 valence electrons.